The summed E-state index contributed by atoms with van der Waals surface area (Å²) in [5.41, 5.74) is 1.48. The minimum Gasteiger partial charge on any atom is -0.550 e. The molecule has 0 heterocycles. The van der Waals surface area contributed by atoms with E-state index < -0.39 is 5.97 Å². The van der Waals surface area contributed by atoms with Crippen molar-refractivity contribution in [2.75, 3.05) is 0 Å². The van der Waals surface area contributed by atoms with Crippen molar-refractivity contribution in [3.63, 3.8) is 0 Å². The summed E-state index contributed by atoms with van der Waals surface area (Å²) in [6, 6.07) is 10.8. The summed E-state index contributed by atoms with van der Waals surface area (Å²) in [5.74, 6) is -0.905. The third-order valence-electron chi connectivity index (χ3n) is 5.19. The third-order valence-corrected chi connectivity index (χ3v) is 5.19. The average Bonchev–Trinajstić information content (AvgIpc) is 2.65. The molecule has 0 fully saturated rings. The number of benzene rings is 1. The molecule has 0 unspecified atom stereocenters. The molecule has 0 spiro atoms. The van der Waals surface area contributed by atoms with Gasteiger partial charge in [0.2, 0.25) is 0 Å². The topological polar surface area (TPSA) is 40.1 Å². The Labute approximate surface area is 189 Å². The van der Waals surface area contributed by atoms with Crippen molar-refractivity contribution < 1.29 is 39.5 Å². The Bertz CT molecular complexity index is 433. The number of unbranched alkanes of at least 4 members (excludes halogenated alkanes) is 14. The summed E-state index contributed by atoms with van der Waals surface area (Å²) in [6.07, 6.45) is 20.9. The van der Waals surface area contributed by atoms with Crippen molar-refractivity contribution in [1.82, 2.24) is 0 Å². The summed E-state index contributed by atoms with van der Waals surface area (Å²) in [4.78, 5) is 10.3. The van der Waals surface area contributed by atoms with Gasteiger partial charge in [-0.2, -0.15) is 0 Å². The number of carbonyl (C=O) groups is 1. The van der Waals surface area contributed by atoms with Crippen molar-refractivity contribution in [2.45, 2.75) is 109 Å². The van der Waals surface area contributed by atoms with Crippen molar-refractivity contribution in [2.24, 2.45) is 0 Å². The van der Waals surface area contributed by atoms with Gasteiger partial charge < -0.3 is 9.90 Å². The third kappa shape index (κ3) is 18.8. The number of rotatable bonds is 18. The molecule has 0 saturated heterocycles. The molecule has 1 aromatic carbocycles. The Morgan fingerprint density at radius 2 is 0.963 bits per heavy atom. The molecule has 27 heavy (non-hydrogen) atoms. The molecule has 0 aliphatic rings. The van der Waals surface area contributed by atoms with E-state index in [4.69, 9.17) is 0 Å². The smallest absolute Gasteiger partial charge is 0.550 e. The second-order valence-electron chi connectivity index (χ2n) is 7.66. The Morgan fingerprint density at radius 1 is 0.593 bits per heavy atom. The molecule has 0 saturated carbocycles. The fourth-order valence-electron chi connectivity index (χ4n) is 3.54. The van der Waals surface area contributed by atoms with Gasteiger partial charge in [-0.1, -0.05) is 114 Å². The van der Waals surface area contributed by atoms with Gasteiger partial charge in [0.1, 0.15) is 0 Å². The van der Waals surface area contributed by atoms with E-state index in [-0.39, 0.29) is 36.0 Å². The molecule has 1 rings (SSSR count). The molecule has 0 aromatic heterocycles. The fourth-order valence-corrected chi connectivity index (χ4v) is 3.54. The van der Waals surface area contributed by atoms with Gasteiger partial charge in [0.15, 0.2) is 0 Å². The first-order chi connectivity index (χ1) is 12.8. The van der Waals surface area contributed by atoms with E-state index in [1.807, 2.05) is 0 Å². The van der Waals surface area contributed by atoms with Gasteiger partial charge in [0, 0.05) is 5.97 Å². The quantitative estimate of drug-likeness (QED) is 0.289. The summed E-state index contributed by atoms with van der Waals surface area (Å²) in [5, 5.41) is 10.3. The van der Waals surface area contributed by atoms with Gasteiger partial charge in [-0.05, 0) is 31.2 Å². The standard InChI is InChI=1S/C24H40O2.Na/c25-24(26)22-18-13-11-9-7-5-3-1-2-4-6-8-10-12-15-19-23-20-16-14-17-21-23;/h14,16-17,20-21H,1-13,15,18-19,22H2,(H,25,26);/q;+1/p-1. The Kier molecular flexibility index (Phi) is 20.2. The first-order valence-electron chi connectivity index (χ1n) is 11.0. The van der Waals surface area contributed by atoms with Crippen LogP contribution < -0.4 is 34.7 Å². The van der Waals surface area contributed by atoms with Crippen molar-refractivity contribution >= 4 is 5.97 Å². The van der Waals surface area contributed by atoms with Crippen LogP contribution in [0, 0.1) is 0 Å². The molecule has 0 bridgehead atoms. The maximum Gasteiger partial charge on any atom is 1.00 e. The minimum atomic E-state index is -0.905. The van der Waals surface area contributed by atoms with Gasteiger partial charge in [-0.3, -0.25) is 0 Å². The molecule has 0 radical (unpaired) electrons. The molecule has 148 valence electrons. The number of carbonyl (C=O) groups excluding carboxylic acids is 1. The number of carboxylic acid groups (broad SMARTS) is 1. The van der Waals surface area contributed by atoms with Crippen LogP contribution in [0.25, 0.3) is 0 Å². The van der Waals surface area contributed by atoms with Crippen LogP contribution in [0.15, 0.2) is 30.3 Å². The van der Waals surface area contributed by atoms with E-state index in [2.05, 4.69) is 30.3 Å². The number of aryl methyl sites for hydroxylation is 1. The van der Waals surface area contributed by atoms with Crippen LogP contribution in [0.2, 0.25) is 0 Å². The van der Waals surface area contributed by atoms with Gasteiger partial charge in [-0.15, -0.1) is 0 Å². The van der Waals surface area contributed by atoms with Crippen LogP contribution in [0.1, 0.15) is 108 Å². The van der Waals surface area contributed by atoms with Crippen LogP contribution in [0.5, 0.6) is 0 Å². The van der Waals surface area contributed by atoms with E-state index in [1.54, 1.807) is 0 Å². The van der Waals surface area contributed by atoms with Gasteiger partial charge >= 0.3 is 29.6 Å². The monoisotopic (exact) mass is 382 g/mol. The number of aliphatic carboxylic acids is 1. The molecule has 1 aromatic rings. The zero-order valence-corrected chi connectivity index (χ0v) is 19.7. The summed E-state index contributed by atoms with van der Waals surface area (Å²) < 4.78 is 0. The summed E-state index contributed by atoms with van der Waals surface area (Å²) in [7, 11) is 0. The van der Waals surface area contributed by atoms with E-state index in [9.17, 15) is 9.90 Å². The minimum absolute atomic E-state index is 0. The molecule has 0 amide bonds. The first-order valence-corrected chi connectivity index (χ1v) is 11.0. The normalized spacial score (nSPS) is 10.5. The SMILES string of the molecule is O=C([O-])CCCCCCCCCCCCCCCCCc1ccccc1.[Na+]. The predicted molar refractivity (Wildman–Crippen MR) is 109 cm³/mol. The van der Waals surface area contributed by atoms with Crippen molar-refractivity contribution in [3.8, 4) is 0 Å². The van der Waals surface area contributed by atoms with E-state index in [0.29, 0.717) is 0 Å². The second-order valence-corrected chi connectivity index (χ2v) is 7.66. The number of carboxylic acids is 1. The zero-order valence-electron chi connectivity index (χ0n) is 17.7. The predicted octanol–water partition coefficient (Wildman–Crippen LogP) is 3.22. The zero-order chi connectivity index (χ0) is 18.7. The fraction of sp³-hybridized carbons (Fsp3) is 0.708. The Balaban J connectivity index is 0.00000676. The van der Waals surface area contributed by atoms with E-state index in [1.165, 1.54) is 95.5 Å². The largest absolute Gasteiger partial charge is 1.00 e. The molecule has 2 nitrogen and oxygen atoms in total. The number of hydrogen-bond acceptors (Lipinski definition) is 2. The van der Waals surface area contributed by atoms with Crippen molar-refractivity contribution in [1.29, 1.82) is 0 Å². The Hall–Kier alpha value is -0.310. The molecular formula is C24H39NaO2. The maximum absolute atomic E-state index is 10.3. The molecule has 0 aliphatic carbocycles. The summed E-state index contributed by atoms with van der Waals surface area (Å²) in [6.45, 7) is 0. The van der Waals surface area contributed by atoms with Crippen LogP contribution in [-0.2, 0) is 11.2 Å². The Morgan fingerprint density at radius 3 is 1.37 bits per heavy atom. The number of hydrogen-bond donors (Lipinski definition) is 0. The molecule has 0 atom stereocenters. The molecular weight excluding hydrogens is 343 g/mol. The van der Waals surface area contributed by atoms with Gasteiger partial charge in [0.25, 0.3) is 0 Å². The first kappa shape index (κ1) is 26.7. The van der Waals surface area contributed by atoms with Crippen LogP contribution in [0.3, 0.4) is 0 Å². The van der Waals surface area contributed by atoms with E-state index >= 15 is 0 Å². The van der Waals surface area contributed by atoms with E-state index in [0.717, 1.165) is 12.8 Å². The molecule has 0 aliphatic heterocycles. The van der Waals surface area contributed by atoms with Crippen LogP contribution in [0.4, 0.5) is 0 Å². The maximum atomic E-state index is 10.3. The van der Waals surface area contributed by atoms with Gasteiger partial charge in [-0.25, -0.2) is 0 Å². The second kappa shape index (κ2) is 20.4. The van der Waals surface area contributed by atoms with Gasteiger partial charge in [0.05, 0.1) is 0 Å². The van der Waals surface area contributed by atoms with Crippen LogP contribution in [-0.4, -0.2) is 5.97 Å². The average molecular weight is 383 g/mol. The summed E-state index contributed by atoms with van der Waals surface area (Å²) >= 11 is 0. The molecule has 0 N–H and O–H groups in total. The molecule has 3 heteroatoms. The van der Waals surface area contributed by atoms with Crippen molar-refractivity contribution in [3.05, 3.63) is 35.9 Å². The van der Waals surface area contributed by atoms with Crippen LogP contribution >= 0.6 is 0 Å².